The smallest absolute Gasteiger partial charge is 0.310 e. The van der Waals surface area contributed by atoms with Crippen LogP contribution in [0.15, 0.2) is 0 Å². The van der Waals surface area contributed by atoms with E-state index in [2.05, 4.69) is 0 Å². The molecule has 0 radical (unpaired) electrons. The van der Waals surface area contributed by atoms with Crippen molar-refractivity contribution < 1.29 is 18.7 Å². The van der Waals surface area contributed by atoms with E-state index in [0.717, 1.165) is 0 Å². The summed E-state index contributed by atoms with van der Waals surface area (Å²) in [6, 6.07) is 0. The lowest BCUT2D eigenvalue weighted by molar-refractivity contribution is -0.149. The molecule has 0 aromatic carbocycles. The molecule has 1 unspecified atom stereocenters. The highest BCUT2D eigenvalue weighted by Gasteiger charge is 2.34. The summed E-state index contributed by atoms with van der Waals surface area (Å²) in [6.45, 7) is 0.939. The second kappa shape index (κ2) is 3.61. The summed E-state index contributed by atoms with van der Waals surface area (Å²) < 4.78 is 23.5. The fourth-order valence-corrected chi connectivity index (χ4v) is 0.599. The molecule has 1 atom stereocenters. The van der Waals surface area contributed by atoms with Crippen molar-refractivity contribution in [1.82, 2.24) is 0 Å². The first-order valence-corrected chi connectivity index (χ1v) is 3.14. The van der Waals surface area contributed by atoms with Crippen LogP contribution in [0.4, 0.5) is 8.78 Å². The third-order valence-electron chi connectivity index (χ3n) is 1.57. The number of aliphatic carboxylic acids is 1. The van der Waals surface area contributed by atoms with E-state index in [-0.39, 0.29) is 6.54 Å². The molecule has 3 N–H and O–H groups in total. The average Bonchev–Trinajstić information content (AvgIpc) is 1.86. The van der Waals surface area contributed by atoms with Crippen molar-refractivity contribution in [3.8, 4) is 0 Å². The molecule has 0 fully saturated rings. The molecular weight excluding hydrogens is 156 g/mol. The molecule has 0 bridgehead atoms. The molecular formula is C6H11F2NO2. The molecule has 0 aliphatic carbocycles. The maximum atomic E-state index is 11.8. The minimum atomic E-state index is -2.63. The Hall–Kier alpha value is -0.710. The van der Waals surface area contributed by atoms with Gasteiger partial charge in [-0.2, -0.15) is 0 Å². The summed E-state index contributed by atoms with van der Waals surface area (Å²) in [6.07, 6.45) is -3.32. The van der Waals surface area contributed by atoms with Crippen LogP contribution in [0, 0.1) is 5.41 Å². The van der Waals surface area contributed by atoms with Crippen LogP contribution < -0.4 is 5.73 Å². The van der Waals surface area contributed by atoms with Gasteiger partial charge in [0.05, 0.1) is 5.41 Å². The standard InChI is InChI=1S/C6H11F2NO2/c1-6(3-9,5(10)11)2-4(7)8/h4H,2-3,9H2,1H3,(H,10,11). The van der Waals surface area contributed by atoms with Gasteiger partial charge >= 0.3 is 5.97 Å². The van der Waals surface area contributed by atoms with E-state index in [0.29, 0.717) is 0 Å². The number of nitrogens with two attached hydrogens (primary N) is 1. The SMILES string of the molecule is CC(CN)(CC(F)F)C(=O)O. The van der Waals surface area contributed by atoms with E-state index in [1.807, 2.05) is 0 Å². The fraction of sp³-hybridized carbons (Fsp3) is 0.833. The number of carboxylic acids is 1. The van der Waals surface area contributed by atoms with Gasteiger partial charge in [-0.1, -0.05) is 0 Å². The molecule has 0 rings (SSSR count). The van der Waals surface area contributed by atoms with Gasteiger partial charge in [0.1, 0.15) is 0 Å². The van der Waals surface area contributed by atoms with Crippen molar-refractivity contribution in [2.24, 2.45) is 11.1 Å². The molecule has 0 aliphatic heterocycles. The number of halogens is 2. The Morgan fingerprint density at radius 1 is 1.73 bits per heavy atom. The van der Waals surface area contributed by atoms with Gasteiger partial charge in [0.25, 0.3) is 0 Å². The van der Waals surface area contributed by atoms with Crippen LogP contribution in [0.1, 0.15) is 13.3 Å². The lowest BCUT2D eigenvalue weighted by atomic mass is 9.87. The minimum Gasteiger partial charge on any atom is -0.481 e. The number of alkyl halides is 2. The van der Waals surface area contributed by atoms with E-state index >= 15 is 0 Å². The summed E-state index contributed by atoms with van der Waals surface area (Å²) in [5.74, 6) is -1.28. The third-order valence-corrected chi connectivity index (χ3v) is 1.57. The molecule has 0 heterocycles. The molecule has 66 valence electrons. The van der Waals surface area contributed by atoms with Crippen LogP contribution in [-0.4, -0.2) is 24.0 Å². The van der Waals surface area contributed by atoms with E-state index in [1.165, 1.54) is 6.92 Å². The largest absolute Gasteiger partial charge is 0.481 e. The van der Waals surface area contributed by atoms with E-state index in [4.69, 9.17) is 10.8 Å². The van der Waals surface area contributed by atoms with Crippen LogP contribution >= 0.6 is 0 Å². The monoisotopic (exact) mass is 167 g/mol. The maximum Gasteiger partial charge on any atom is 0.310 e. The second-order valence-corrected chi connectivity index (χ2v) is 2.67. The van der Waals surface area contributed by atoms with Crippen LogP contribution in [0.5, 0.6) is 0 Å². The van der Waals surface area contributed by atoms with E-state index in [1.54, 1.807) is 0 Å². The fourth-order valence-electron chi connectivity index (χ4n) is 0.599. The number of hydrogen-bond donors (Lipinski definition) is 2. The normalized spacial score (nSPS) is 16.5. The summed E-state index contributed by atoms with van der Waals surface area (Å²) in [5.41, 5.74) is 3.55. The maximum absolute atomic E-state index is 11.8. The summed E-state index contributed by atoms with van der Waals surface area (Å²) in [4.78, 5) is 10.4. The zero-order chi connectivity index (χ0) is 9.07. The summed E-state index contributed by atoms with van der Waals surface area (Å²) in [5, 5.41) is 8.47. The van der Waals surface area contributed by atoms with E-state index < -0.39 is 24.2 Å². The van der Waals surface area contributed by atoms with Crippen LogP contribution in [0.25, 0.3) is 0 Å². The quantitative estimate of drug-likeness (QED) is 0.647. The van der Waals surface area contributed by atoms with Crippen molar-refractivity contribution in [3.63, 3.8) is 0 Å². The van der Waals surface area contributed by atoms with Crippen LogP contribution in [0.3, 0.4) is 0 Å². The molecule has 0 spiro atoms. The first-order valence-electron chi connectivity index (χ1n) is 3.14. The zero-order valence-electron chi connectivity index (χ0n) is 6.18. The van der Waals surface area contributed by atoms with Crippen molar-refractivity contribution in [1.29, 1.82) is 0 Å². The first kappa shape index (κ1) is 10.3. The van der Waals surface area contributed by atoms with Crippen molar-refractivity contribution in [2.75, 3.05) is 6.54 Å². The van der Waals surface area contributed by atoms with Crippen molar-refractivity contribution in [2.45, 2.75) is 19.8 Å². The average molecular weight is 167 g/mol. The van der Waals surface area contributed by atoms with Crippen molar-refractivity contribution in [3.05, 3.63) is 0 Å². The Labute approximate surface area is 63.2 Å². The van der Waals surface area contributed by atoms with Gasteiger partial charge < -0.3 is 10.8 Å². The summed E-state index contributed by atoms with van der Waals surface area (Å²) >= 11 is 0. The van der Waals surface area contributed by atoms with Gasteiger partial charge in [0.15, 0.2) is 0 Å². The van der Waals surface area contributed by atoms with Gasteiger partial charge in [-0.25, -0.2) is 8.78 Å². The Morgan fingerprint density at radius 2 is 2.18 bits per heavy atom. The van der Waals surface area contributed by atoms with Gasteiger partial charge in [0, 0.05) is 13.0 Å². The number of rotatable bonds is 4. The Morgan fingerprint density at radius 3 is 2.27 bits per heavy atom. The van der Waals surface area contributed by atoms with Crippen LogP contribution in [0.2, 0.25) is 0 Å². The van der Waals surface area contributed by atoms with E-state index in [9.17, 15) is 13.6 Å². The van der Waals surface area contributed by atoms with Gasteiger partial charge in [-0.3, -0.25) is 4.79 Å². The van der Waals surface area contributed by atoms with Gasteiger partial charge in [-0.05, 0) is 6.92 Å². The number of hydrogen-bond acceptors (Lipinski definition) is 2. The molecule has 11 heavy (non-hydrogen) atoms. The second-order valence-electron chi connectivity index (χ2n) is 2.67. The topological polar surface area (TPSA) is 63.3 Å². The molecule has 0 saturated carbocycles. The Kier molecular flexibility index (Phi) is 3.38. The Bertz CT molecular complexity index is 152. The predicted octanol–water partition coefficient (Wildman–Crippen LogP) is 0.691. The molecule has 0 aromatic rings. The lowest BCUT2D eigenvalue weighted by Gasteiger charge is -2.21. The molecule has 0 saturated heterocycles. The third kappa shape index (κ3) is 2.80. The predicted molar refractivity (Wildman–Crippen MR) is 35.4 cm³/mol. The van der Waals surface area contributed by atoms with Gasteiger partial charge in [0.2, 0.25) is 6.43 Å². The van der Waals surface area contributed by atoms with Gasteiger partial charge in [-0.15, -0.1) is 0 Å². The highest BCUT2D eigenvalue weighted by molar-refractivity contribution is 5.74. The molecule has 3 nitrogen and oxygen atoms in total. The number of carbonyl (C=O) groups is 1. The highest BCUT2D eigenvalue weighted by Crippen LogP contribution is 2.23. The molecule has 0 amide bonds. The zero-order valence-corrected chi connectivity index (χ0v) is 6.18. The lowest BCUT2D eigenvalue weighted by Crippen LogP contribution is -2.37. The minimum absolute atomic E-state index is 0.271. The highest BCUT2D eigenvalue weighted by atomic mass is 19.3. The first-order chi connectivity index (χ1) is 4.92. The molecule has 5 heteroatoms. The summed E-state index contributed by atoms with van der Waals surface area (Å²) in [7, 11) is 0. The molecule has 0 aromatic heterocycles. The van der Waals surface area contributed by atoms with Crippen LogP contribution in [-0.2, 0) is 4.79 Å². The Balaban J connectivity index is 4.22. The number of carboxylic acid groups (broad SMARTS) is 1. The molecule has 0 aliphatic rings. The van der Waals surface area contributed by atoms with Crippen molar-refractivity contribution >= 4 is 5.97 Å².